The van der Waals surface area contributed by atoms with Crippen molar-refractivity contribution in [3.05, 3.63) is 20.8 Å². The molecule has 0 saturated heterocycles. The van der Waals surface area contributed by atoms with Crippen LogP contribution in [0.4, 0.5) is 0 Å². The van der Waals surface area contributed by atoms with Crippen molar-refractivity contribution in [2.24, 2.45) is 11.7 Å². The van der Waals surface area contributed by atoms with E-state index in [1.165, 1.54) is 5.56 Å². The van der Waals surface area contributed by atoms with E-state index >= 15 is 0 Å². The van der Waals surface area contributed by atoms with Crippen molar-refractivity contribution in [3.63, 3.8) is 0 Å². The summed E-state index contributed by atoms with van der Waals surface area (Å²) in [6, 6.07) is 2.29. The Labute approximate surface area is 128 Å². The molecule has 0 bridgehead atoms. The fraction of sp³-hybridized carbons (Fsp3) is 0.643. The Morgan fingerprint density at radius 3 is 2.68 bits per heavy atom. The average Bonchev–Trinajstić information content (AvgIpc) is 2.73. The lowest BCUT2D eigenvalue weighted by molar-refractivity contribution is -0.134. The van der Waals surface area contributed by atoms with Crippen molar-refractivity contribution in [2.75, 3.05) is 7.05 Å². The summed E-state index contributed by atoms with van der Waals surface area (Å²) in [4.78, 5) is 14.0. The zero-order valence-corrected chi connectivity index (χ0v) is 14.3. The standard InChI is InChI=1S/C14H23BrN2OS/c1-10(5-4-6-11(2)16)14(18)17(3)8-12-7-13(15)19-9-12/h7,9-11H,4-6,8,16H2,1-3H3. The molecule has 2 atom stereocenters. The normalized spacial score (nSPS) is 14.2. The zero-order chi connectivity index (χ0) is 14.4. The highest BCUT2D eigenvalue weighted by Crippen LogP contribution is 2.22. The number of hydrogen-bond acceptors (Lipinski definition) is 3. The molecular weight excluding hydrogens is 324 g/mol. The quantitative estimate of drug-likeness (QED) is 0.819. The van der Waals surface area contributed by atoms with Gasteiger partial charge in [-0.1, -0.05) is 13.3 Å². The second kappa shape index (κ2) is 8.02. The minimum atomic E-state index is 0.0748. The molecule has 0 aliphatic rings. The predicted molar refractivity (Wildman–Crippen MR) is 85.2 cm³/mol. The third-order valence-electron chi connectivity index (χ3n) is 3.14. The van der Waals surface area contributed by atoms with Crippen LogP contribution in [0.2, 0.25) is 0 Å². The van der Waals surface area contributed by atoms with E-state index in [4.69, 9.17) is 5.73 Å². The summed E-state index contributed by atoms with van der Waals surface area (Å²) < 4.78 is 1.10. The van der Waals surface area contributed by atoms with E-state index < -0.39 is 0 Å². The molecule has 1 amide bonds. The number of thiophene rings is 1. The number of nitrogens with zero attached hydrogens (tertiary/aromatic N) is 1. The Kier molecular flexibility index (Phi) is 7.04. The van der Waals surface area contributed by atoms with Crippen molar-refractivity contribution in [1.29, 1.82) is 0 Å². The first kappa shape index (κ1) is 16.7. The molecule has 0 spiro atoms. The Morgan fingerprint density at radius 2 is 2.16 bits per heavy atom. The van der Waals surface area contributed by atoms with Crippen molar-refractivity contribution in [3.8, 4) is 0 Å². The van der Waals surface area contributed by atoms with E-state index in [1.54, 1.807) is 11.3 Å². The minimum Gasteiger partial charge on any atom is -0.341 e. The summed E-state index contributed by atoms with van der Waals surface area (Å²) in [5.41, 5.74) is 6.90. The van der Waals surface area contributed by atoms with E-state index in [2.05, 4.69) is 27.4 Å². The fourth-order valence-electron chi connectivity index (χ4n) is 2.03. The molecule has 108 valence electrons. The van der Waals surface area contributed by atoms with Gasteiger partial charge in [0.15, 0.2) is 0 Å². The van der Waals surface area contributed by atoms with Gasteiger partial charge in [0.25, 0.3) is 0 Å². The molecule has 3 nitrogen and oxygen atoms in total. The zero-order valence-electron chi connectivity index (χ0n) is 11.9. The average molecular weight is 347 g/mol. The van der Waals surface area contributed by atoms with Gasteiger partial charge in [0.05, 0.1) is 3.79 Å². The van der Waals surface area contributed by atoms with Crippen LogP contribution < -0.4 is 5.73 Å². The van der Waals surface area contributed by atoms with E-state index in [9.17, 15) is 4.79 Å². The number of amides is 1. The van der Waals surface area contributed by atoms with Crippen LogP contribution in [-0.4, -0.2) is 23.9 Å². The highest BCUT2D eigenvalue weighted by molar-refractivity contribution is 9.11. The molecule has 0 radical (unpaired) electrons. The molecule has 0 fully saturated rings. The Bertz CT molecular complexity index is 406. The largest absolute Gasteiger partial charge is 0.341 e. The molecule has 0 aliphatic carbocycles. The number of halogens is 1. The van der Waals surface area contributed by atoms with E-state index in [0.29, 0.717) is 6.54 Å². The van der Waals surface area contributed by atoms with E-state index in [0.717, 1.165) is 23.0 Å². The van der Waals surface area contributed by atoms with E-state index in [1.807, 2.05) is 25.8 Å². The predicted octanol–water partition coefficient (Wildman–Crippen LogP) is 3.62. The molecule has 19 heavy (non-hydrogen) atoms. The molecule has 0 aromatic carbocycles. The van der Waals surface area contributed by atoms with E-state index in [-0.39, 0.29) is 17.9 Å². The van der Waals surface area contributed by atoms with Crippen molar-refractivity contribution in [1.82, 2.24) is 4.90 Å². The van der Waals surface area contributed by atoms with Gasteiger partial charge in [-0.3, -0.25) is 4.79 Å². The number of carbonyl (C=O) groups is 1. The van der Waals surface area contributed by atoms with Gasteiger partial charge >= 0.3 is 0 Å². The summed E-state index contributed by atoms with van der Waals surface area (Å²) in [7, 11) is 1.87. The highest BCUT2D eigenvalue weighted by Gasteiger charge is 2.17. The van der Waals surface area contributed by atoms with Crippen LogP contribution in [0, 0.1) is 5.92 Å². The second-order valence-corrected chi connectivity index (χ2v) is 7.55. The van der Waals surface area contributed by atoms with Gasteiger partial charge in [-0.25, -0.2) is 0 Å². The maximum Gasteiger partial charge on any atom is 0.225 e. The van der Waals surface area contributed by atoms with Gasteiger partial charge < -0.3 is 10.6 Å². The van der Waals surface area contributed by atoms with Gasteiger partial charge in [0, 0.05) is 25.6 Å². The first-order valence-electron chi connectivity index (χ1n) is 6.63. The summed E-state index contributed by atoms with van der Waals surface area (Å²) in [5.74, 6) is 0.290. The van der Waals surface area contributed by atoms with Gasteiger partial charge in [0.2, 0.25) is 5.91 Å². The Balaban J connectivity index is 2.38. The van der Waals surface area contributed by atoms with Gasteiger partial charge in [0.1, 0.15) is 0 Å². The van der Waals surface area contributed by atoms with Crippen LogP contribution in [0.1, 0.15) is 38.7 Å². The molecule has 0 aliphatic heterocycles. The van der Waals surface area contributed by atoms with Crippen molar-refractivity contribution < 1.29 is 4.79 Å². The number of rotatable bonds is 7. The topological polar surface area (TPSA) is 46.3 Å². The molecule has 1 heterocycles. The molecule has 5 heteroatoms. The fourth-order valence-corrected chi connectivity index (χ4v) is 3.23. The minimum absolute atomic E-state index is 0.0748. The van der Waals surface area contributed by atoms with Crippen LogP contribution in [-0.2, 0) is 11.3 Å². The summed E-state index contributed by atoms with van der Waals surface area (Å²) in [5, 5.41) is 2.08. The van der Waals surface area contributed by atoms with Crippen LogP contribution >= 0.6 is 27.3 Å². The lowest BCUT2D eigenvalue weighted by atomic mass is 10.0. The van der Waals surface area contributed by atoms with Crippen LogP contribution in [0.25, 0.3) is 0 Å². The third kappa shape index (κ3) is 6.06. The number of carbonyl (C=O) groups excluding carboxylic acids is 1. The van der Waals surface area contributed by atoms with Crippen LogP contribution in [0.3, 0.4) is 0 Å². The Hall–Kier alpha value is -0.390. The van der Waals surface area contributed by atoms with Crippen molar-refractivity contribution in [2.45, 2.75) is 45.7 Å². The first-order valence-corrected chi connectivity index (χ1v) is 8.31. The summed E-state index contributed by atoms with van der Waals surface area (Å²) in [6.45, 7) is 4.69. The molecule has 1 aromatic heterocycles. The Morgan fingerprint density at radius 1 is 1.47 bits per heavy atom. The van der Waals surface area contributed by atoms with Gasteiger partial charge in [-0.05, 0) is 52.7 Å². The van der Waals surface area contributed by atoms with Gasteiger partial charge in [-0.15, -0.1) is 11.3 Å². The summed E-state index contributed by atoms with van der Waals surface area (Å²) in [6.07, 6.45) is 2.92. The highest BCUT2D eigenvalue weighted by atomic mass is 79.9. The molecule has 1 rings (SSSR count). The van der Waals surface area contributed by atoms with Crippen LogP contribution in [0.15, 0.2) is 15.2 Å². The van der Waals surface area contributed by atoms with Gasteiger partial charge in [-0.2, -0.15) is 0 Å². The maximum atomic E-state index is 12.2. The smallest absolute Gasteiger partial charge is 0.225 e. The summed E-state index contributed by atoms with van der Waals surface area (Å²) >= 11 is 5.09. The SMILES string of the molecule is CC(N)CCCC(C)C(=O)N(C)Cc1csc(Br)c1. The van der Waals surface area contributed by atoms with Crippen LogP contribution in [0.5, 0.6) is 0 Å². The molecule has 1 aromatic rings. The molecule has 0 saturated carbocycles. The molecule has 2 unspecified atom stereocenters. The first-order chi connectivity index (χ1) is 8.90. The molecule has 2 N–H and O–H groups in total. The number of hydrogen-bond donors (Lipinski definition) is 1. The lowest BCUT2D eigenvalue weighted by Crippen LogP contribution is -2.31. The monoisotopic (exact) mass is 346 g/mol. The molecular formula is C14H23BrN2OS. The second-order valence-electron chi connectivity index (χ2n) is 5.26. The lowest BCUT2D eigenvalue weighted by Gasteiger charge is -2.21. The van der Waals surface area contributed by atoms with Crippen molar-refractivity contribution >= 4 is 33.2 Å². The maximum absolute atomic E-state index is 12.2. The number of nitrogens with two attached hydrogens (primary N) is 1. The third-order valence-corrected chi connectivity index (χ3v) is 4.69.